The van der Waals surface area contributed by atoms with Crippen LogP contribution in [0.1, 0.15) is 30.1 Å². The number of hydrogen-bond acceptors (Lipinski definition) is 3. The summed E-state index contributed by atoms with van der Waals surface area (Å²) in [4.78, 5) is 25.9. The first-order valence-corrected chi connectivity index (χ1v) is 7.33. The van der Waals surface area contributed by atoms with E-state index in [4.69, 9.17) is 0 Å². The molecule has 1 heterocycles. The van der Waals surface area contributed by atoms with E-state index in [0.717, 1.165) is 11.1 Å². The number of carbonyl (C=O) groups is 2. The summed E-state index contributed by atoms with van der Waals surface area (Å²) >= 11 is 0. The minimum Gasteiger partial charge on any atom is -0.387 e. The molecule has 4 heteroatoms. The molecule has 1 aromatic rings. The number of allylic oxidation sites excluding steroid dienone is 2. The molecule has 1 fully saturated rings. The second-order valence-electron chi connectivity index (χ2n) is 5.87. The molecule has 3 unspecified atom stereocenters. The van der Waals surface area contributed by atoms with Crippen molar-refractivity contribution in [2.45, 2.75) is 25.9 Å². The van der Waals surface area contributed by atoms with E-state index in [2.05, 4.69) is 0 Å². The lowest BCUT2D eigenvalue weighted by Gasteiger charge is -2.19. The van der Waals surface area contributed by atoms with E-state index in [1.807, 2.05) is 43.3 Å². The van der Waals surface area contributed by atoms with Gasteiger partial charge >= 0.3 is 0 Å². The molecule has 0 radical (unpaired) electrons. The van der Waals surface area contributed by atoms with Crippen LogP contribution in [-0.2, 0) is 9.59 Å². The number of likely N-dealkylation sites (tertiary alicyclic amines) is 1. The number of nitrogens with zero attached hydrogens (tertiary/aromatic N) is 1. The van der Waals surface area contributed by atoms with Crippen molar-refractivity contribution in [3.63, 3.8) is 0 Å². The number of aliphatic hydroxyl groups is 1. The molecule has 4 nitrogen and oxygen atoms in total. The van der Waals surface area contributed by atoms with Crippen LogP contribution in [0.15, 0.2) is 36.4 Å². The Morgan fingerprint density at radius 3 is 2.14 bits per heavy atom. The molecule has 1 aliphatic carbocycles. The van der Waals surface area contributed by atoms with Crippen LogP contribution in [0.4, 0.5) is 0 Å². The summed E-state index contributed by atoms with van der Waals surface area (Å²) in [5.41, 5.74) is 1.84. The molecule has 1 saturated heterocycles. The van der Waals surface area contributed by atoms with Crippen LogP contribution in [0.25, 0.3) is 0 Å². The van der Waals surface area contributed by atoms with Crippen molar-refractivity contribution in [1.82, 2.24) is 4.90 Å². The molecule has 110 valence electrons. The summed E-state index contributed by atoms with van der Waals surface area (Å²) in [6.07, 6.45) is 4.36. The first-order chi connectivity index (χ1) is 10.1. The molecule has 0 spiro atoms. The number of carbonyl (C=O) groups excluding carboxylic acids is 2. The third-order valence-electron chi connectivity index (χ3n) is 4.42. The summed E-state index contributed by atoms with van der Waals surface area (Å²) in [6, 6.07) is 7.49. The van der Waals surface area contributed by atoms with Gasteiger partial charge in [0.05, 0.1) is 24.5 Å². The normalized spacial score (nSPS) is 26.1. The fourth-order valence-electron chi connectivity index (χ4n) is 3.12. The molecular weight excluding hydrogens is 266 g/mol. The zero-order chi connectivity index (χ0) is 15.0. The van der Waals surface area contributed by atoms with Gasteiger partial charge in [-0.25, -0.2) is 0 Å². The van der Waals surface area contributed by atoms with Gasteiger partial charge in [-0.15, -0.1) is 0 Å². The summed E-state index contributed by atoms with van der Waals surface area (Å²) in [7, 11) is 0. The van der Waals surface area contributed by atoms with Crippen molar-refractivity contribution >= 4 is 11.8 Å². The van der Waals surface area contributed by atoms with Crippen molar-refractivity contribution in [3.8, 4) is 0 Å². The van der Waals surface area contributed by atoms with Gasteiger partial charge in [0, 0.05) is 0 Å². The molecule has 21 heavy (non-hydrogen) atoms. The molecule has 1 N–H and O–H groups in total. The largest absolute Gasteiger partial charge is 0.387 e. The predicted octanol–water partition coefficient (Wildman–Crippen LogP) is 1.98. The van der Waals surface area contributed by atoms with Gasteiger partial charge < -0.3 is 5.11 Å². The maximum Gasteiger partial charge on any atom is 0.233 e. The number of amides is 2. The summed E-state index contributed by atoms with van der Waals surface area (Å²) in [5, 5.41) is 10.3. The van der Waals surface area contributed by atoms with E-state index in [1.165, 1.54) is 4.90 Å². The van der Waals surface area contributed by atoms with Crippen molar-refractivity contribution in [2.75, 3.05) is 6.54 Å². The number of fused-ring (bicyclic) bond motifs is 1. The van der Waals surface area contributed by atoms with Gasteiger partial charge in [-0.2, -0.15) is 0 Å². The number of rotatable bonds is 3. The molecule has 3 atom stereocenters. The third-order valence-corrected chi connectivity index (χ3v) is 4.42. The van der Waals surface area contributed by atoms with E-state index < -0.39 is 6.10 Å². The average molecular weight is 285 g/mol. The molecule has 1 aromatic carbocycles. The Hall–Kier alpha value is -1.94. The summed E-state index contributed by atoms with van der Waals surface area (Å²) < 4.78 is 0. The van der Waals surface area contributed by atoms with E-state index in [0.29, 0.717) is 12.8 Å². The number of benzene rings is 1. The van der Waals surface area contributed by atoms with Gasteiger partial charge in [0.15, 0.2) is 0 Å². The van der Waals surface area contributed by atoms with Gasteiger partial charge in [-0.3, -0.25) is 14.5 Å². The van der Waals surface area contributed by atoms with Crippen molar-refractivity contribution in [3.05, 3.63) is 47.5 Å². The Bertz CT molecular complexity index is 565. The van der Waals surface area contributed by atoms with Crippen molar-refractivity contribution in [2.24, 2.45) is 11.8 Å². The van der Waals surface area contributed by atoms with Gasteiger partial charge in [0.25, 0.3) is 0 Å². The number of imide groups is 1. The van der Waals surface area contributed by atoms with Crippen LogP contribution in [0.5, 0.6) is 0 Å². The van der Waals surface area contributed by atoms with Crippen LogP contribution in [-0.4, -0.2) is 28.4 Å². The molecule has 2 aliphatic rings. The van der Waals surface area contributed by atoms with Crippen LogP contribution >= 0.6 is 0 Å². The van der Waals surface area contributed by atoms with Crippen LogP contribution in [0, 0.1) is 18.8 Å². The maximum absolute atomic E-state index is 12.3. The lowest BCUT2D eigenvalue weighted by molar-refractivity contribution is -0.141. The fourth-order valence-corrected chi connectivity index (χ4v) is 3.12. The molecule has 0 bridgehead atoms. The molecule has 1 aliphatic heterocycles. The first-order valence-electron chi connectivity index (χ1n) is 7.33. The maximum atomic E-state index is 12.3. The summed E-state index contributed by atoms with van der Waals surface area (Å²) in [6.45, 7) is 2.02. The lowest BCUT2D eigenvalue weighted by atomic mass is 9.85. The highest BCUT2D eigenvalue weighted by Crippen LogP contribution is 2.35. The first kappa shape index (κ1) is 14.0. The molecule has 0 aromatic heterocycles. The number of β-amino-alcohol motifs (C(OH)–C–C–N with tert-alkyl or cyclic N) is 1. The average Bonchev–Trinajstić information content (AvgIpc) is 2.73. The standard InChI is InChI=1S/C17H19NO3/c1-11-6-8-12(9-7-11)15(19)10-18-16(20)13-4-2-3-5-14(13)17(18)21/h2-3,6-9,13-15,19H,4-5,10H2,1H3. The van der Waals surface area contributed by atoms with Crippen molar-refractivity contribution < 1.29 is 14.7 Å². The zero-order valence-corrected chi connectivity index (χ0v) is 12.0. The van der Waals surface area contributed by atoms with Crippen LogP contribution in [0.2, 0.25) is 0 Å². The third kappa shape index (κ3) is 2.51. The summed E-state index contributed by atoms with van der Waals surface area (Å²) in [5.74, 6) is -0.735. The number of aliphatic hydroxyl groups excluding tert-OH is 1. The number of aryl methyl sites for hydroxylation is 1. The molecule has 2 amide bonds. The van der Waals surface area contributed by atoms with E-state index in [1.54, 1.807) is 0 Å². The second kappa shape index (κ2) is 5.45. The Labute approximate surface area is 124 Å². The van der Waals surface area contributed by atoms with Gasteiger partial charge in [0.1, 0.15) is 0 Å². The monoisotopic (exact) mass is 285 g/mol. The number of hydrogen-bond donors (Lipinski definition) is 1. The SMILES string of the molecule is Cc1ccc(C(O)CN2C(=O)C3CC=CCC3C2=O)cc1. The smallest absolute Gasteiger partial charge is 0.233 e. The van der Waals surface area contributed by atoms with Gasteiger partial charge in [-0.05, 0) is 25.3 Å². The topological polar surface area (TPSA) is 57.6 Å². The quantitative estimate of drug-likeness (QED) is 0.682. The Kier molecular flexibility index (Phi) is 3.64. The minimum absolute atomic E-state index is 0.0493. The minimum atomic E-state index is -0.827. The van der Waals surface area contributed by atoms with Crippen LogP contribution < -0.4 is 0 Å². The lowest BCUT2D eigenvalue weighted by Crippen LogP contribution is -2.35. The molecule has 3 rings (SSSR count). The van der Waals surface area contributed by atoms with E-state index >= 15 is 0 Å². The zero-order valence-electron chi connectivity index (χ0n) is 12.0. The fraction of sp³-hybridized carbons (Fsp3) is 0.412. The van der Waals surface area contributed by atoms with E-state index in [9.17, 15) is 14.7 Å². The van der Waals surface area contributed by atoms with Crippen LogP contribution in [0.3, 0.4) is 0 Å². The highest BCUT2D eigenvalue weighted by Gasteiger charge is 2.47. The second-order valence-corrected chi connectivity index (χ2v) is 5.87. The predicted molar refractivity (Wildman–Crippen MR) is 78.2 cm³/mol. The Balaban J connectivity index is 1.74. The molecule has 0 saturated carbocycles. The van der Waals surface area contributed by atoms with Gasteiger partial charge in [0.2, 0.25) is 11.8 Å². The highest BCUT2D eigenvalue weighted by atomic mass is 16.3. The Morgan fingerprint density at radius 2 is 1.62 bits per heavy atom. The van der Waals surface area contributed by atoms with Crippen molar-refractivity contribution in [1.29, 1.82) is 0 Å². The van der Waals surface area contributed by atoms with Gasteiger partial charge in [-0.1, -0.05) is 42.0 Å². The Morgan fingerprint density at radius 1 is 1.10 bits per heavy atom. The molecular formula is C17H19NO3. The highest BCUT2D eigenvalue weighted by molar-refractivity contribution is 6.05. The van der Waals surface area contributed by atoms with E-state index in [-0.39, 0.29) is 30.2 Å².